The Hall–Kier alpha value is -1.13. The summed E-state index contributed by atoms with van der Waals surface area (Å²) in [5, 5.41) is 9.25. The minimum atomic E-state index is 0.868. The van der Waals surface area contributed by atoms with Crippen LogP contribution in [0.25, 0.3) is 10.1 Å². The Labute approximate surface area is 79.8 Å². The summed E-state index contributed by atoms with van der Waals surface area (Å²) in [5.41, 5.74) is 1.38. The Morgan fingerprint density at radius 2 is 2.46 bits per heavy atom. The van der Waals surface area contributed by atoms with Crippen molar-refractivity contribution in [2.24, 2.45) is 0 Å². The number of fused-ring (bicyclic) bond motifs is 3. The van der Waals surface area contributed by atoms with Crippen molar-refractivity contribution in [2.45, 2.75) is 6.54 Å². The van der Waals surface area contributed by atoms with Gasteiger partial charge in [0.15, 0.2) is 0 Å². The van der Waals surface area contributed by atoms with Crippen LogP contribution in [0.2, 0.25) is 0 Å². The lowest BCUT2D eigenvalue weighted by molar-refractivity contribution is 0.718. The molecule has 2 aromatic rings. The van der Waals surface area contributed by atoms with E-state index in [1.807, 2.05) is 12.4 Å². The number of hydrogen-bond acceptors (Lipinski definition) is 4. The van der Waals surface area contributed by atoms with Gasteiger partial charge in [0.2, 0.25) is 0 Å². The Balaban J connectivity index is 2.34. The van der Waals surface area contributed by atoms with E-state index >= 15 is 0 Å². The first-order valence-electron chi connectivity index (χ1n) is 4.25. The topological polar surface area (TPSA) is 37.0 Å². The van der Waals surface area contributed by atoms with E-state index in [9.17, 15) is 0 Å². The average molecular weight is 191 g/mol. The summed E-state index contributed by atoms with van der Waals surface area (Å²) in [6, 6.07) is 2.08. The van der Waals surface area contributed by atoms with E-state index in [4.69, 9.17) is 0 Å². The summed E-state index contributed by atoms with van der Waals surface area (Å²) < 4.78 is 1.27. The van der Waals surface area contributed by atoms with Crippen LogP contribution in [0.1, 0.15) is 5.56 Å². The molecule has 0 bridgehead atoms. The highest BCUT2D eigenvalue weighted by atomic mass is 32.1. The molecule has 0 amide bonds. The Bertz CT molecular complexity index is 449. The van der Waals surface area contributed by atoms with Gasteiger partial charge in [-0.3, -0.25) is 10.3 Å². The molecule has 3 nitrogen and oxygen atoms in total. The van der Waals surface area contributed by atoms with E-state index < -0.39 is 0 Å². The molecule has 66 valence electrons. The van der Waals surface area contributed by atoms with Gasteiger partial charge in [0.1, 0.15) is 0 Å². The Kier molecular flexibility index (Phi) is 1.50. The normalized spacial score (nSPS) is 15.4. The van der Waals surface area contributed by atoms with Crippen molar-refractivity contribution in [1.29, 1.82) is 0 Å². The zero-order valence-electron chi connectivity index (χ0n) is 7.00. The van der Waals surface area contributed by atoms with Gasteiger partial charge in [-0.2, -0.15) is 0 Å². The maximum atomic E-state index is 4.12. The average Bonchev–Trinajstić information content (AvgIpc) is 2.56. The standard InChI is InChI=1S/C9H9N3S/c1-2-10-4-8-6(1)7-3-11-5-12-9(7)13-8/h1-2,4,11-12H,3,5H2. The van der Waals surface area contributed by atoms with Crippen LogP contribution in [0.15, 0.2) is 18.5 Å². The second-order valence-corrected chi connectivity index (χ2v) is 4.11. The number of nitrogens with zero attached hydrogens (tertiary/aromatic N) is 1. The zero-order chi connectivity index (χ0) is 8.67. The molecule has 1 aliphatic rings. The van der Waals surface area contributed by atoms with Gasteiger partial charge in [0, 0.05) is 29.9 Å². The zero-order valence-corrected chi connectivity index (χ0v) is 7.82. The van der Waals surface area contributed by atoms with Gasteiger partial charge < -0.3 is 5.32 Å². The summed E-state index contributed by atoms with van der Waals surface area (Å²) in [6.45, 7) is 1.83. The first kappa shape index (κ1) is 7.29. The highest BCUT2D eigenvalue weighted by Crippen LogP contribution is 2.35. The molecular formula is C9H9N3S. The third-order valence-corrected chi connectivity index (χ3v) is 3.41. The fraction of sp³-hybridized carbons (Fsp3) is 0.222. The number of pyridine rings is 1. The predicted octanol–water partition coefficient (Wildman–Crippen LogP) is 1.77. The van der Waals surface area contributed by atoms with Gasteiger partial charge in [0.05, 0.1) is 16.4 Å². The van der Waals surface area contributed by atoms with Gasteiger partial charge in [-0.1, -0.05) is 0 Å². The minimum Gasteiger partial charge on any atom is -0.364 e. The lowest BCUT2D eigenvalue weighted by Crippen LogP contribution is -2.26. The van der Waals surface area contributed by atoms with Gasteiger partial charge >= 0.3 is 0 Å². The second-order valence-electron chi connectivity index (χ2n) is 3.06. The highest BCUT2D eigenvalue weighted by molar-refractivity contribution is 7.23. The molecule has 3 heterocycles. The summed E-state index contributed by atoms with van der Waals surface area (Å²) >= 11 is 1.79. The van der Waals surface area contributed by atoms with Crippen LogP contribution in [0.5, 0.6) is 0 Å². The summed E-state index contributed by atoms with van der Waals surface area (Å²) in [7, 11) is 0. The largest absolute Gasteiger partial charge is 0.364 e. The van der Waals surface area contributed by atoms with Crippen LogP contribution in [-0.4, -0.2) is 11.7 Å². The molecule has 2 N–H and O–H groups in total. The van der Waals surface area contributed by atoms with Gasteiger partial charge in [-0.05, 0) is 6.07 Å². The fourth-order valence-corrected chi connectivity index (χ4v) is 2.74. The number of rotatable bonds is 0. The minimum absolute atomic E-state index is 0.868. The quantitative estimate of drug-likeness (QED) is 0.666. The summed E-state index contributed by atoms with van der Waals surface area (Å²) in [5.74, 6) is 0. The molecule has 0 aliphatic carbocycles. The van der Waals surface area contributed by atoms with Gasteiger partial charge in [-0.25, -0.2) is 0 Å². The van der Waals surface area contributed by atoms with E-state index in [1.165, 1.54) is 20.7 Å². The molecule has 0 unspecified atom stereocenters. The number of nitrogens with one attached hydrogen (secondary N) is 2. The maximum Gasteiger partial charge on any atom is 0.0951 e. The fourth-order valence-electron chi connectivity index (χ4n) is 1.65. The van der Waals surface area contributed by atoms with E-state index in [0.717, 1.165) is 13.2 Å². The first-order valence-corrected chi connectivity index (χ1v) is 5.07. The summed E-state index contributed by atoms with van der Waals surface area (Å²) in [6.07, 6.45) is 3.78. The second kappa shape index (κ2) is 2.68. The van der Waals surface area contributed by atoms with Crippen molar-refractivity contribution in [3.63, 3.8) is 0 Å². The Morgan fingerprint density at radius 3 is 3.46 bits per heavy atom. The molecule has 0 saturated carbocycles. The van der Waals surface area contributed by atoms with Crippen molar-refractivity contribution in [2.75, 3.05) is 12.0 Å². The predicted molar refractivity (Wildman–Crippen MR) is 54.9 cm³/mol. The van der Waals surface area contributed by atoms with Crippen LogP contribution in [0, 0.1) is 0 Å². The molecular weight excluding hydrogens is 182 g/mol. The molecule has 1 aliphatic heterocycles. The van der Waals surface area contributed by atoms with E-state index in [0.29, 0.717) is 0 Å². The molecule has 0 fully saturated rings. The van der Waals surface area contributed by atoms with Crippen molar-refractivity contribution in [3.05, 3.63) is 24.0 Å². The Morgan fingerprint density at radius 1 is 1.46 bits per heavy atom. The number of thiophene rings is 1. The van der Waals surface area contributed by atoms with E-state index in [2.05, 4.69) is 21.7 Å². The molecule has 0 aromatic carbocycles. The molecule has 3 rings (SSSR count). The van der Waals surface area contributed by atoms with E-state index in [-0.39, 0.29) is 0 Å². The number of hydrogen-bond donors (Lipinski definition) is 2. The molecule has 13 heavy (non-hydrogen) atoms. The first-order chi connectivity index (χ1) is 6.45. The van der Waals surface area contributed by atoms with Gasteiger partial charge in [-0.15, -0.1) is 11.3 Å². The summed E-state index contributed by atoms with van der Waals surface area (Å²) in [4.78, 5) is 4.12. The monoisotopic (exact) mass is 191 g/mol. The molecule has 0 radical (unpaired) electrons. The molecule has 0 spiro atoms. The molecule has 0 atom stereocenters. The third kappa shape index (κ3) is 1.03. The van der Waals surface area contributed by atoms with E-state index in [1.54, 1.807) is 11.3 Å². The van der Waals surface area contributed by atoms with Gasteiger partial charge in [0.25, 0.3) is 0 Å². The molecule has 2 aromatic heterocycles. The van der Waals surface area contributed by atoms with Crippen molar-refractivity contribution in [1.82, 2.24) is 10.3 Å². The maximum absolute atomic E-state index is 4.12. The number of aromatic nitrogens is 1. The van der Waals surface area contributed by atoms with Crippen LogP contribution in [0.4, 0.5) is 5.00 Å². The smallest absolute Gasteiger partial charge is 0.0951 e. The highest BCUT2D eigenvalue weighted by Gasteiger charge is 2.14. The molecule has 4 heteroatoms. The van der Waals surface area contributed by atoms with Crippen LogP contribution >= 0.6 is 11.3 Å². The lowest BCUT2D eigenvalue weighted by Gasteiger charge is -2.14. The van der Waals surface area contributed by atoms with Crippen LogP contribution in [-0.2, 0) is 6.54 Å². The number of anilines is 1. The van der Waals surface area contributed by atoms with Crippen LogP contribution < -0.4 is 10.6 Å². The van der Waals surface area contributed by atoms with Crippen molar-refractivity contribution >= 4 is 26.4 Å². The van der Waals surface area contributed by atoms with Crippen molar-refractivity contribution < 1.29 is 0 Å². The third-order valence-electron chi connectivity index (χ3n) is 2.27. The van der Waals surface area contributed by atoms with Crippen molar-refractivity contribution in [3.8, 4) is 0 Å². The lowest BCUT2D eigenvalue weighted by atomic mass is 10.2. The van der Waals surface area contributed by atoms with Crippen LogP contribution in [0.3, 0.4) is 0 Å². The molecule has 0 saturated heterocycles. The SMILES string of the molecule is c1cc2c3c(sc2cn1)NCNC3.